The minimum absolute atomic E-state index is 0.0937. The molecule has 0 bridgehead atoms. The van der Waals surface area contributed by atoms with Crippen LogP contribution in [0.4, 0.5) is 10.5 Å². The minimum Gasteiger partial charge on any atom is -0.486 e. The normalized spacial score (nSPS) is 18.7. The molecule has 0 spiro atoms. The molecule has 2 heterocycles. The molecule has 0 unspecified atom stereocenters. The van der Waals surface area contributed by atoms with Crippen molar-refractivity contribution < 1.29 is 14.3 Å². The molecule has 0 aromatic heterocycles. The van der Waals surface area contributed by atoms with Crippen LogP contribution in [0, 0.1) is 0 Å². The molecule has 5 nitrogen and oxygen atoms in total. The molecule has 1 saturated heterocycles. The molecule has 2 amide bonds. The van der Waals surface area contributed by atoms with Gasteiger partial charge in [-0.15, -0.1) is 11.8 Å². The summed E-state index contributed by atoms with van der Waals surface area (Å²) in [6.45, 7) is 1.74. The van der Waals surface area contributed by atoms with Crippen LogP contribution in [0.25, 0.3) is 0 Å². The molecule has 2 aromatic rings. The van der Waals surface area contributed by atoms with E-state index in [1.807, 2.05) is 18.2 Å². The van der Waals surface area contributed by atoms with Crippen LogP contribution in [0.3, 0.4) is 0 Å². The van der Waals surface area contributed by atoms with Crippen molar-refractivity contribution in [1.29, 1.82) is 0 Å². The van der Waals surface area contributed by atoms with Gasteiger partial charge in [0.25, 0.3) is 0 Å². The number of nitrogens with one attached hydrogen (secondary N) is 1. The lowest BCUT2D eigenvalue weighted by molar-refractivity contribution is 0.171. The van der Waals surface area contributed by atoms with Crippen LogP contribution in [0.2, 0.25) is 10.0 Å². The lowest BCUT2D eigenvalue weighted by Crippen LogP contribution is -2.34. The van der Waals surface area contributed by atoms with Crippen LogP contribution in [0.5, 0.6) is 11.5 Å². The summed E-state index contributed by atoms with van der Waals surface area (Å²) < 4.78 is 11.2. The summed E-state index contributed by atoms with van der Waals surface area (Å²) in [5.41, 5.74) is 1.51. The molecule has 2 aliphatic rings. The molecule has 0 radical (unpaired) electrons. The zero-order valence-electron chi connectivity index (χ0n) is 13.7. The molecule has 1 fully saturated rings. The van der Waals surface area contributed by atoms with E-state index in [9.17, 15) is 4.79 Å². The van der Waals surface area contributed by atoms with Crippen molar-refractivity contribution in [3.63, 3.8) is 0 Å². The van der Waals surface area contributed by atoms with Crippen molar-refractivity contribution in [2.24, 2.45) is 0 Å². The third-order valence-corrected chi connectivity index (χ3v) is 6.28. The van der Waals surface area contributed by atoms with Gasteiger partial charge in [0.15, 0.2) is 11.5 Å². The third-order valence-electron chi connectivity index (χ3n) is 4.20. The van der Waals surface area contributed by atoms with E-state index < -0.39 is 0 Å². The van der Waals surface area contributed by atoms with Crippen LogP contribution in [0.1, 0.15) is 10.9 Å². The summed E-state index contributed by atoms with van der Waals surface area (Å²) in [4.78, 5) is 14.6. The molecule has 0 aliphatic carbocycles. The van der Waals surface area contributed by atoms with Crippen LogP contribution in [-0.2, 0) is 0 Å². The number of amides is 2. The number of benzene rings is 2. The van der Waals surface area contributed by atoms with Gasteiger partial charge in [-0.25, -0.2) is 4.79 Å². The van der Waals surface area contributed by atoms with Crippen molar-refractivity contribution in [3.05, 3.63) is 52.0 Å². The molecule has 8 heteroatoms. The van der Waals surface area contributed by atoms with Crippen molar-refractivity contribution in [1.82, 2.24) is 4.90 Å². The van der Waals surface area contributed by atoms with E-state index in [0.29, 0.717) is 35.5 Å². The molecule has 26 heavy (non-hydrogen) atoms. The highest BCUT2D eigenvalue weighted by Crippen LogP contribution is 2.42. The second kappa shape index (κ2) is 7.47. The third kappa shape index (κ3) is 3.41. The SMILES string of the molecule is O=C(Nc1cccc(Cl)c1Cl)N1CCS[C@H]1c1ccc2c(c1)OCCO2. The summed E-state index contributed by atoms with van der Waals surface area (Å²) in [6, 6.07) is 10.8. The van der Waals surface area contributed by atoms with Crippen LogP contribution >= 0.6 is 35.0 Å². The zero-order valence-corrected chi connectivity index (χ0v) is 16.0. The maximum Gasteiger partial charge on any atom is 0.323 e. The highest BCUT2D eigenvalue weighted by atomic mass is 35.5. The molecule has 1 N–H and O–H groups in total. The topological polar surface area (TPSA) is 50.8 Å². The van der Waals surface area contributed by atoms with Gasteiger partial charge in [0.1, 0.15) is 18.6 Å². The first-order valence-electron chi connectivity index (χ1n) is 8.16. The zero-order chi connectivity index (χ0) is 18.1. The lowest BCUT2D eigenvalue weighted by atomic mass is 10.1. The number of carbonyl (C=O) groups excluding carboxylic acids is 1. The van der Waals surface area contributed by atoms with E-state index in [1.165, 1.54) is 0 Å². The summed E-state index contributed by atoms with van der Waals surface area (Å²) >= 11 is 13.9. The second-order valence-corrected chi connectivity index (χ2v) is 7.82. The second-order valence-electron chi connectivity index (χ2n) is 5.85. The fraction of sp³-hybridized carbons (Fsp3) is 0.278. The number of halogens is 2. The number of hydrogen-bond donors (Lipinski definition) is 1. The van der Waals surface area contributed by atoms with Gasteiger partial charge < -0.3 is 19.7 Å². The molecule has 1 atom stereocenters. The number of hydrogen-bond acceptors (Lipinski definition) is 4. The monoisotopic (exact) mass is 410 g/mol. The van der Waals surface area contributed by atoms with Crippen LogP contribution < -0.4 is 14.8 Å². The maximum absolute atomic E-state index is 12.8. The average Bonchev–Trinajstić information content (AvgIpc) is 3.15. The average molecular weight is 411 g/mol. The Kier molecular flexibility index (Phi) is 5.07. The van der Waals surface area contributed by atoms with Gasteiger partial charge in [-0.1, -0.05) is 35.3 Å². The van der Waals surface area contributed by atoms with Gasteiger partial charge in [-0.05, 0) is 29.8 Å². The Morgan fingerprint density at radius 3 is 2.81 bits per heavy atom. The maximum atomic E-state index is 12.8. The Bertz CT molecular complexity index is 849. The van der Waals surface area contributed by atoms with E-state index in [1.54, 1.807) is 34.9 Å². The Morgan fingerprint density at radius 1 is 1.15 bits per heavy atom. The number of ether oxygens (including phenoxy) is 2. The first-order valence-corrected chi connectivity index (χ1v) is 9.97. The lowest BCUT2D eigenvalue weighted by Gasteiger charge is -2.26. The Labute approximate surface area is 165 Å². The largest absolute Gasteiger partial charge is 0.486 e. The molecule has 0 saturated carbocycles. The van der Waals surface area contributed by atoms with Crippen molar-refractivity contribution in [2.75, 3.05) is 30.8 Å². The number of urea groups is 1. The number of nitrogens with zero attached hydrogens (tertiary/aromatic N) is 1. The van der Waals surface area contributed by atoms with Gasteiger partial charge >= 0.3 is 6.03 Å². The van der Waals surface area contributed by atoms with Crippen molar-refractivity contribution in [3.8, 4) is 11.5 Å². The van der Waals surface area contributed by atoms with E-state index in [2.05, 4.69) is 5.32 Å². The summed E-state index contributed by atoms with van der Waals surface area (Å²) in [5, 5.41) is 3.51. The molecular weight excluding hydrogens is 395 g/mol. The first kappa shape index (κ1) is 17.6. The number of anilines is 1. The van der Waals surface area contributed by atoms with Gasteiger partial charge in [0.2, 0.25) is 0 Å². The molecular formula is C18H16Cl2N2O3S. The number of carbonyl (C=O) groups is 1. The fourth-order valence-corrected chi connectivity index (χ4v) is 4.55. The molecule has 136 valence electrons. The summed E-state index contributed by atoms with van der Waals surface area (Å²) in [7, 11) is 0. The Hall–Kier alpha value is -1.76. The van der Waals surface area contributed by atoms with Gasteiger partial charge in [-0.3, -0.25) is 0 Å². The van der Waals surface area contributed by atoms with E-state index >= 15 is 0 Å². The predicted molar refractivity (Wildman–Crippen MR) is 105 cm³/mol. The van der Waals surface area contributed by atoms with Gasteiger partial charge in [0.05, 0.1) is 15.7 Å². The molecule has 2 aromatic carbocycles. The highest BCUT2D eigenvalue weighted by Gasteiger charge is 2.32. The summed E-state index contributed by atoms with van der Waals surface area (Å²) in [6.07, 6.45) is 0. The number of thioether (sulfide) groups is 1. The van der Waals surface area contributed by atoms with E-state index in [0.717, 1.165) is 22.8 Å². The standard InChI is InChI=1S/C18H16Cl2N2O3S/c19-12-2-1-3-13(16(12)20)21-18(23)22-6-9-26-17(22)11-4-5-14-15(10-11)25-8-7-24-14/h1-5,10,17H,6-9H2,(H,21,23)/t17-/m0/s1. The first-order chi connectivity index (χ1) is 12.6. The van der Waals surface area contributed by atoms with Crippen LogP contribution in [-0.4, -0.2) is 36.4 Å². The molecule has 4 rings (SSSR count). The van der Waals surface area contributed by atoms with Crippen LogP contribution in [0.15, 0.2) is 36.4 Å². The van der Waals surface area contributed by atoms with Gasteiger partial charge in [-0.2, -0.15) is 0 Å². The highest BCUT2D eigenvalue weighted by molar-refractivity contribution is 7.99. The van der Waals surface area contributed by atoms with Crippen molar-refractivity contribution in [2.45, 2.75) is 5.37 Å². The smallest absolute Gasteiger partial charge is 0.323 e. The summed E-state index contributed by atoms with van der Waals surface area (Å²) in [5.74, 6) is 2.32. The minimum atomic E-state index is -0.209. The van der Waals surface area contributed by atoms with E-state index in [4.69, 9.17) is 32.7 Å². The quantitative estimate of drug-likeness (QED) is 0.752. The fourth-order valence-electron chi connectivity index (χ4n) is 2.96. The Morgan fingerprint density at radius 2 is 1.96 bits per heavy atom. The van der Waals surface area contributed by atoms with Crippen molar-refractivity contribution >= 4 is 46.7 Å². The Balaban J connectivity index is 1.54. The van der Waals surface area contributed by atoms with Gasteiger partial charge in [0, 0.05) is 12.3 Å². The molecule has 2 aliphatic heterocycles. The van der Waals surface area contributed by atoms with E-state index in [-0.39, 0.29) is 11.4 Å². The predicted octanol–water partition coefficient (Wildman–Crippen LogP) is 5.04. The number of rotatable bonds is 2. The number of fused-ring (bicyclic) bond motifs is 1.